The van der Waals surface area contributed by atoms with E-state index in [1.807, 2.05) is 0 Å². The van der Waals surface area contributed by atoms with Crippen LogP contribution in [0, 0.1) is 0 Å². The summed E-state index contributed by atoms with van der Waals surface area (Å²) in [6, 6.07) is 9.11. The number of benzene rings is 1. The standard InChI is InChI=1S/C15H22BrNO/c1-2-17-14(11-15-7-4-8-18-15)10-12-5-3-6-13(16)9-12/h3,5-6,9,14-15,17H,2,4,7-8,10-11H2,1H3. The Kier molecular flexibility index (Phi) is 5.67. The van der Waals surface area contributed by atoms with Crippen LogP contribution in [-0.4, -0.2) is 25.3 Å². The second-order valence-electron chi connectivity index (χ2n) is 4.96. The second kappa shape index (κ2) is 7.27. The average Bonchev–Trinajstić information content (AvgIpc) is 2.82. The van der Waals surface area contributed by atoms with Crippen molar-refractivity contribution >= 4 is 15.9 Å². The molecule has 0 saturated carbocycles. The summed E-state index contributed by atoms with van der Waals surface area (Å²) >= 11 is 3.53. The van der Waals surface area contributed by atoms with Crippen LogP contribution in [0.15, 0.2) is 28.7 Å². The van der Waals surface area contributed by atoms with Crippen LogP contribution in [0.4, 0.5) is 0 Å². The number of likely N-dealkylation sites (N-methyl/N-ethyl adjacent to an activating group) is 1. The van der Waals surface area contributed by atoms with Crippen molar-refractivity contribution in [1.29, 1.82) is 0 Å². The average molecular weight is 312 g/mol. The van der Waals surface area contributed by atoms with Gasteiger partial charge in [0.15, 0.2) is 0 Å². The molecule has 0 aliphatic carbocycles. The molecule has 1 fully saturated rings. The molecule has 1 saturated heterocycles. The molecule has 1 N–H and O–H groups in total. The monoisotopic (exact) mass is 311 g/mol. The normalized spacial score (nSPS) is 21.1. The highest BCUT2D eigenvalue weighted by atomic mass is 79.9. The lowest BCUT2D eigenvalue weighted by Crippen LogP contribution is -2.34. The molecule has 0 aromatic heterocycles. The largest absolute Gasteiger partial charge is 0.378 e. The Morgan fingerprint density at radius 2 is 2.39 bits per heavy atom. The molecular formula is C15H22BrNO. The van der Waals surface area contributed by atoms with Gasteiger partial charge in [0.25, 0.3) is 0 Å². The molecule has 2 unspecified atom stereocenters. The van der Waals surface area contributed by atoms with Gasteiger partial charge in [-0.2, -0.15) is 0 Å². The molecule has 0 amide bonds. The van der Waals surface area contributed by atoms with E-state index in [1.165, 1.54) is 18.4 Å². The summed E-state index contributed by atoms with van der Waals surface area (Å²) < 4.78 is 6.90. The van der Waals surface area contributed by atoms with Crippen molar-refractivity contribution in [1.82, 2.24) is 5.32 Å². The SMILES string of the molecule is CCNC(Cc1cccc(Br)c1)CC1CCCO1. The molecule has 3 heteroatoms. The first-order chi connectivity index (χ1) is 8.78. The highest BCUT2D eigenvalue weighted by Crippen LogP contribution is 2.20. The first-order valence-electron chi connectivity index (χ1n) is 6.87. The molecule has 1 aromatic carbocycles. The van der Waals surface area contributed by atoms with Crippen molar-refractivity contribution in [3.05, 3.63) is 34.3 Å². The van der Waals surface area contributed by atoms with Crippen molar-refractivity contribution in [2.75, 3.05) is 13.2 Å². The molecule has 18 heavy (non-hydrogen) atoms. The summed E-state index contributed by atoms with van der Waals surface area (Å²) in [4.78, 5) is 0. The van der Waals surface area contributed by atoms with Crippen LogP contribution in [-0.2, 0) is 11.2 Å². The van der Waals surface area contributed by atoms with Crippen LogP contribution in [0.3, 0.4) is 0 Å². The van der Waals surface area contributed by atoms with Crippen LogP contribution < -0.4 is 5.32 Å². The lowest BCUT2D eigenvalue weighted by Gasteiger charge is -2.21. The summed E-state index contributed by atoms with van der Waals surface area (Å²) in [5.41, 5.74) is 1.38. The van der Waals surface area contributed by atoms with E-state index in [-0.39, 0.29) is 0 Å². The molecule has 1 aliphatic rings. The molecule has 100 valence electrons. The Labute approximate surface area is 118 Å². The van der Waals surface area contributed by atoms with E-state index in [2.05, 4.69) is 52.4 Å². The molecule has 0 bridgehead atoms. The minimum absolute atomic E-state index is 0.459. The summed E-state index contributed by atoms with van der Waals surface area (Å²) in [5, 5.41) is 3.58. The predicted molar refractivity (Wildman–Crippen MR) is 78.9 cm³/mol. The lowest BCUT2D eigenvalue weighted by atomic mass is 9.99. The third-order valence-corrected chi connectivity index (χ3v) is 3.93. The van der Waals surface area contributed by atoms with Gasteiger partial charge in [-0.25, -0.2) is 0 Å². The topological polar surface area (TPSA) is 21.3 Å². The predicted octanol–water partition coefficient (Wildman–Crippen LogP) is 3.54. The number of ether oxygens (including phenoxy) is 1. The molecule has 2 rings (SSSR count). The third kappa shape index (κ3) is 4.38. The van der Waals surface area contributed by atoms with E-state index in [1.54, 1.807) is 0 Å². The maximum Gasteiger partial charge on any atom is 0.0590 e. The van der Waals surface area contributed by atoms with Crippen molar-refractivity contribution < 1.29 is 4.74 Å². The van der Waals surface area contributed by atoms with E-state index < -0.39 is 0 Å². The van der Waals surface area contributed by atoms with E-state index in [9.17, 15) is 0 Å². The molecule has 0 radical (unpaired) electrons. The Hall–Kier alpha value is -0.380. The van der Waals surface area contributed by atoms with Gasteiger partial charge in [0.05, 0.1) is 6.10 Å². The van der Waals surface area contributed by atoms with Gasteiger partial charge in [0.1, 0.15) is 0 Å². The molecule has 2 nitrogen and oxygen atoms in total. The molecule has 1 heterocycles. The first-order valence-corrected chi connectivity index (χ1v) is 7.66. The summed E-state index contributed by atoms with van der Waals surface area (Å²) in [7, 11) is 0. The van der Waals surface area contributed by atoms with Crippen LogP contribution in [0.25, 0.3) is 0 Å². The number of hydrogen-bond acceptors (Lipinski definition) is 2. The summed E-state index contributed by atoms with van der Waals surface area (Å²) in [5.74, 6) is 0. The smallest absolute Gasteiger partial charge is 0.0590 e. The quantitative estimate of drug-likeness (QED) is 0.867. The minimum atomic E-state index is 0.459. The molecular weight excluding hydrogens is 290 g/mol. The number of rotatable bonds is 6. The van der Waals surface area contributed by atoms with Gasteiger partial charge in [-0.15, -0.1) is 0 Å². The molecule has 1 aromatic rings. The Morgan fingerprint density at radius 1 is 1.50 bits per heavy atom. The first kappa shape index (κ1) is 14.0. The van der Waals surface area contributed by atoms with E-state index >= 15 is 0 Å². The van der Waals surface area contributed by atoms with Crippen LogP contribution in [0.5, 0.6) is 0 Å². The fourth-order valence-electron chi connectivity index (χ4n) is 2.62. The van der Waals surface area contributed by atoms with Crippen LogP contribution in [0.1, 0.15) is 31.7 Å². The highest BCUT2D eigenvalue weighted by Gasteiger charge is 2.20. The Bertz CT molecular complexity index is 363. The third-order valence-electron chi connectivity index (χ3n) is 3.44. The minimum Gasteiger partial charge on any atom is -0.378 e. The van der Waals surface area contributed by atoms with Crippen molar-refractivity contribution in [3.8, 4) is 0 Å². The van der Waals surface area contributed by atoms with Gasteiger partial charge in [0.2, 0.25) is 0 Å². The maximum absolute atomic E-state index is 5.74. The van der Waals surface area contributed by atoms with Gasteiger partial charge in [-0.3, -0.25) is 0 Å². The van der Waals surface area contributed by atoms with Crippen LogP contribution in [0.2, 0.25) is 0 Å². The van der Waals surface area contributed by atoms with Gasteiger partial charge >= 0.3 is 0 Å². The summed E-state index contributed by atoms with van der Waals surface area (Å²) in [6.07, 6.45) is 5.11. The van der Waals surface area contributed by atoms with Gasteiger partial charge in [0, 0.05) is 17.1 Å². The fourth-order valence-corrected chi connectivity index (χ4v) is 3.07. The molecule has 1 aliphatic heterocycles. The number of nitrogens with one attached hydrogen (secondary N) is 1. The fraction of sp³-hybridized carbons (Fsp3) is 0.600. The number of halogens is 1. The molecule has 0 spiro atoms. The zero-order valence-corrected chi connectivity index (χ0v) is 12.6. The zero-order chi connectivity index (χ0) is 12.8. The van der Waals surface area contributed by atoms with Gasteiger partial charge < -0.3 is 10.1 Å². The highest BCUT2D eigenvalue weighted by molar-refractivity contribution is 9.10. The van der Waals surface area contributed by atoms with Gasteiger partial charge in [-0.1, -0.05) is 35.0 Å². The van der Waals surface area contributed by atoms with Gasteiger partial charge in [-0.05, 0) is 49.9 Å². The lowest BCUT2D eigenvalue weighted by molar-refractivity contribution is 0.0948. The maximum atomic E-state index is 5.74. The van der Waals surface area contributed by atoms with Crippen LogP contribution >= 0.6 is 15.9 Å². The molecule has 2 atom stereocenters. The van der Waals surface area contributed by atoms with E-state index in [0.717, 1.165) is 30.5 Å². The summed E-state index contributed by atoms with van der Waals surface area (Å²) in [6.45, 7) is 4.13. The van der Waals surface area contributed by atoms with E-state index in [0.29, 0.717) is 12.1 Å². The van der Waals surface area contributed by atoms with Crippen molar-refractivity contribution in [2.45, 2.75) is 44.8 Å². The Morgan fingerprint density at radius 3 is 3.06 bits per heavy atom. The second-order valence-corrected chi connectivity index (χ2v) is 5.88. The van der Waals surface area contributed by atoms with Crippen molar-refractivity contribution in [2.24, 2.45) is 0 Å². The number of hydrogen-bond donors (Lipinski definition) is 1. The zero-order valence-electron chi connectivity index (χ0n) is 11.0. The van der Waals surface area contributed by atoms with Crippen molar-refractivity contribution in [3.63, 3.8) is 0 Å². The Balaban J connectivity index is 1.92. The van der Waals surface area contributed by atoms with E-state index in [4.69, 9.17) is 4.74 Å².